The number of hydrogen-bond acceptors (Lipinski definition) is 6. The number of aryl methyl sites for hydroxylation is 1. The van der Waals surface area contributed by atoms with E-state index >= 15 is 0 Å². The zero-order chi connectivity index (χ0) is 19.2. The predicted octanol–water partition coefficient (Wildman–Crippen LogP) is 3.26. The number of carbonyl (C=O) groups excluding carboxylic acids is 1. The summed E-state index contributed by atoms with van der Waals surface area (Å²) < 4.78 is 5.24. The summed E-state index contributed by atoms with van der Waals surface area (Å²) in [5.41, 5.74) is 1.37. The van der Waals surface area contributed by atoms with Crippen LogP contribution in [0.15, 0.2) is 53.3 Å². The van der Waals surface area contributed by atoms with Crippen molar-refractivity contribution in [2.24, 2.45) is 0 Å². The third-order valence-corrected chi connectivity index (χ3v) is 5.14. The highest BCUT2D eigenvalue weighted by Gasteiger charge is 2.22. The third kappa shape index (κ3) is 4.42. The number of amides is 1. The van der Waals surface area contributed by atoms with Crippen LogP contribution in [0, 0.1) is 0 Å². The van der Waals surface area contributed by atoms with Gasteiger partial charge in [0, 0.05) is 38.3 Å². The third-order valence-electron chi connectivity index (χ3n) is 5.14. The topological polar surface area (TPSA) is 85.0 Å². The Kier molecular flexibility index (Phi) is 5.70. The summed E-state index contributed by atoms with van der Waals surface area (Å²) in [5.74, 6) is 1.88. The molecule has 144 valence electrons. The average Bonchev–Trinajstić information content (AvgIpc) is 3.09. The van der Waals surface area contributed by atoms with Gasteiger partial charge in [-0.3, -0.25) is 4.79 Å². The van der Waals surface area contributed by atoms with Crippen LogP contribution in [0.1, 0.15) is 43.1 Å². The van der Waals surface area contributed by atoms with Gasteiger partial charge >= 0.3 is 0 Å². The Hall–Kier alpha value is -3.09. The Bertz CT molecular complexity index is 897. The highest BCUT2D eigenvalue weighted by molar-refractivity contribution is 5.76. The second-order valence-corrected chi connectivity index (χ2v) is 7.00. The zero-order valence-corrected chi connectivity index (χ0v) is 15.7. The molecular formula is C21H23N5O2. The molecule has 3 heterocycles. The molecule has 2 aromatic heterocycles. The van der Waals surface area contributed by atoms with Crippen LogP contribution < -0.4 is 0 Å². The molecule has 1 amide bonds. The molecule has 1 aromatic carbocycles. The van der Waals surface area contributed by atoms with Gasteiger partial charge in [0.15, 0.2) is 0 Å². The highest BCUT2D eigenvalue weighted by atomic mass is 16.5. The Labute approximate surface area is 163 Å². The van der Waals surface area contributed by atoms with Gasteiger partial charge in [-0.25, -0.2) is 9.97 Å². The molecule has 28 heavy (non-hydrogen) atoms. The number of aromatic nitrogens is 4. The molecule has 7 nitrogen and oxygen atoms in total. The molecule has 4 rings (SSSR count). The van der Waals surface area contributed by atoms with Gasteiger partial charge in [-0.1, -0.05) is 35.5 Å². The maximum absolute atomic E-state index is 12.7. The standard InChI is InChI=1S/C21H23N5O2/c27-19(10-9-18-24-21(25-28-18)20-22-12-5-13-23-20)26-14-4-8-17(11-15-26)16-6-2-1-3-7-16/h1-3,5-7,12-13,17H,4,8-11,14-15H2/t17-/m1/s1. The van der Waals surface area contributed by atoms with E-state index in [0.29, 0.717) is 36.3 Å². The van der Waals surface area contributed by atoms with Crippen molar-refractivity contribution in [1.29, 1.82) is 0 Å². The van der Waals surface area contributed by atoms with E-state index in [-0.39, 0.29) is 5.91 Å². The number of rotatable bonds is 5. The Balaban J connectivity index is 1.30. The fourth-order valence-electron chi connectivity index (χ4n) is 3.64. The van der Waals surface area contributed by atoms with Gasteiger partial charge in [0.2, 0.25) is 23.4 Å². The minimum absolute atomic E-state index is 0.143. The number of hydrogen-bond donors (Lipinski definition) is 0. The molecule has 0 radical (unpaired) electrons. The van der Waals surface area contributed by atoms with Crippen molar-refractivity contribution in [3.63, 3.8) is 0 Å². The number of likely N-dealkylation sites (tertiary alicyclic amines) is 1. The summed E-state index contributed by atoms with van der Waals surface area (Å²) in [7, 11) is 0. The first kappa shape index (κ1) is 18.3. The molecule has 0 aliphatic carbocycles. The highest BCUT2D eigenvalue weighted by Crippen LogP contribution is 2.28. The van der Waals surface area contributed by atoms with Crippen LogP contribution in [0.2, 0.25) is 0 Å². The van der Waals surface area contributed by atoms with E-state index in [1.807, 2.05) is 11.0 Å². The molecule has 1 aliphatic heterocycles. The minimum Gasteiger partial charge on any atom is -0.343 e. The molecule has 7 heteroatoms. The van der Waals surface area contributed by atoms with Crippen molar-refractivity contribution in [2.45, 2.75) is 38.0 Å². The molecular weight excluding hydrogens is 354 g/mol. The van der Waals surface area contributed by atoms with Crippen LogP contribution in [0.5, 0.6) is 0 Å². The Morgan fingerprint density at radius 1 is 1.04 bits per heavy atom. The number of benzene rings is 1. The number of carbonyl (C=O) groups is 1. The second-order valence-electron chi connectivity index (χ2n) is 7.00. The second kappa shape index (κ2) is 8.73. The predicted molar refractivity (Wildman–Crippen MR) is 103 cm³/mol. The quantitative estimate of drug-likeness (QED) is 0.678. The summed E-state index contributed by atoms with van der Waals surface area (Å²) in [5, 5.41) is 3.90. The molecule has 1 saturated heterocycles. The van der Waals surface area contributed by atoms with E-state index in [9.17, 15) is 4.79 Å². The van der Waals surface area contributed by atoms with Gasteiger partial charge in [0.05, 0.1) is 0 Å². The van der Waals surface area contributed by atoms with Crippen molar-refractivity contribution in [2.75, 3.05) is 13.1 Å². The molecule has 0 N–H and O–H groups in total. The maximum atomic E-state index is 12.7. The van der Waals surface area contributed by atoms with E-state index < -0.39 is 0 Å². The van der Waals surface area contributed by atoms with Crippen molar-refractivity contribution >= 4 is 5.91 Å². The fraction of sp³-hybridized carbons (Fsp3) is 0.381. The van der Waals surface area contributed by atoms with Crippen LogP contribution in [0.4, 0.5) is 0 Å². The van der Waals surface area contributed by atoms with Crippen LogP contribution in [0.3, 0.4) is 0 Å². The summed E-state index contributed by atoms with van der Waals surface area (Å²) in [6.07, 6.45) is 7.21. The van der Waals surface area contributed by atoms with Gasteiger partial charge in [0.1, 0.15) is 0 Å². The maximum Gasteiger partial charge on any atom is 0.240 e. The lowest BCUT2D eigenvalue weighted by molar-refractivity contribution is -0.131. The first-order valence-electron chi connectivity index (χ1n) is 9.72. The molecule has 1 atom stereocenters. The zero-order valence-electron chi connectivity index (χ0n) is 15.7. The van der Waals surface area contributed by atoms with Gasteiger partial charge in [-0.05, 0) is 36.8 Å². The summed E-state index contributed by atoms with van der Waals surface area (Å²) in [6, 6.07) is 12.3. The van der Waals surface area contributed by atoms with Crippen LogP contribution >= 0.6 is 0 Å². The summed E-state index contributed by atoms with van der Waals surface area (Å²) in [6.45, 7) is 1.61. The lowest BCUT2D eigenvalue weighted by Crippen LogP contribution is -2.32. The first-order chi connectivity index (χ1) is 13.8. The molecule has 3 aromatic rings. The molecule has 1 aliphatic rings. The van der Waals surface area contributed by atoms with Crippen LogP contribution in [-0.4, -0.2) is 44.0 Å². The van der Waals surface area contributed by atoms with Gasteiger partial charge in [-0.15, -0.1) is 0 Å². The summed E-state index contributed by atoms with van der Waals surface area (Å²) in [4.78, 5) is 27.1. The number of nitrogens with zero attached hydrogens (tertiary/aromatic N) is 5. The minimum atomic E-state index is 0.143. The molecule has 1 fully saturated rings. The van der Waals surface area contributed by atoms with Crippen LogP contribution in [0.25, 0.3) is 11.6 Å². The van der Waals surface area contributed by atoms with E-state index in [0.717, 1.165) is 32.4 Å². The smallest absolute Gasteiger partial charge is 0.240 e. The average molecular weight is 377 g/mol. The Morgan fingerprint density at radius 2 is 1.86 bits per heavy atom. The molecule has 0 saturated carbocycles. The van der Waals surface area contributed by atoms with E-state index in [4.69, 9.17) is 4.52 Å². The van der Waals surface area contributed by atoms with Crippen molar-refractivity contribution in [3.05, 3.63) is 60.2 Å². The Morgan fingerprint density at radius 3 is 2.68 bits per heavy atom. The van der Waals surface area contributed by atoms with Crippen LogP contribution in [-0.2, 0) is 11.2 Å². The van der Waals surface area contributed by atoms with Gasteiger partial charge in [0.25, 0.3) is 0 Å². The lowest BCUT2D eigenvalue weighted by Gasteiger charge is -2.20. The SMILES string of the molecule is O=C(CCc1nc(-c2ncccn2)no1)N1CCC[C@@H](c2ccccc2)CC1. The van der Waals surface area contributed by atoms with E-state index in [2.05, 4.69) is 44.4 Å². The molecule has 0 bridgehead atoms. The molecule has 0 unspecified atom stereocenters. The normalized spacial score (nSPS) is 17.3. The fourth-order valence-corrected chi connectivity index (χ4v) is 3.64. The van der Waals surface area contributed by atoms with E-state index in [1.54, 1.807) is 18.5 Å². The van der Waals surface area contributed by atoms with Gasteiger partial charge < -0.3 is 9.42 Å². The largest absolute Gasteiger partial charge is 0.343 e. The van der Waals surface area contributed by atoms with Crippen molar-refractivity contribution in [3.8, 4) is 11.6 Å². The van der Waals surface area contributed by atoms with Gasteiger partial charge in [-0.2, -0.15) is 4.98 Å². The first-order valence-corrected chi connectivity index (χ1v) is 9.72. The monoisotopic (exact) mass is 377 g/mol. The van der Waals surface area contributed by atoms with Crippen molar-refractivity contribution < 1.29 is 9.32 Å². The van der Waals surface area contributed by atoms with Crippen molar-refractivity contribution in [1.82, 2.24) is 25.0 Å². The lowest BCUT2D eigenvalue weighted by atomic mass is 9.92. The van der Waals surface area contributed by atoms with E-state index in [1.165, 1.54) is 5.56 Å². The molecule has 0 spiro atoms. The summed E-state index contributed by atoms with van der Waals surface area (Å²) >= 11 is 0.